The molecule has 1 aliphatic rings. The summed E-state index contributed by atoms with van der Waals surface area (Å²) in [5.74, 6) is 0.775. The summed E-state index contributed by atoms with van der Waals surface area (Å²) in [5.41, 5.74) is 10.3. The number of nitrogen functional groups attached to an aromatic ring is 1. The molecular weight excluding hydrogens is 276 g/mol. The summed E-state index contributed by atoms with van der Waals surface area (Å²) in [6.07, 6.45) is 2.89. The highest BCUT2D eigenvalue weighted by molar-refractivity contribution is 5.76. The van der Waals surface area contributed by atoms with Crippen LogP contribution < -0.4 is 5.73 Å². The number of hydrogen-bond acceptors (Lipinski definition) is 3. The molecule has 0 saturated heterocycles. The highest BCUT2D eigenvalue weighted by Gasteiger charge is 2.20. The van der Waals surface area contributed by atoms with E-state index in [4.69, 9.17) is 10.8 Å². The van der Waals surface area contributed by atoms with E-state index in [0.717, 1.165) is 35.5 Å². The maximum absolute atomic E-state index is 11.4. The van der Waals surface area contributed by atoms with Crippen LogP contribution in [0.5, 0.6) is 0 Å². The molecule has 0 unspecified atom stereocenters. The van der Waals surface area contributed by atoms with Crippen LogP contribution in [0.25, 0.3) is 11.3 Å². The summed E-state index contributed by atoms with van der Waals surface area (Å²) in [7, 11) is 0. The zero-order chi connectivity index (χ0) is 15.7. The average Bonchev–Trinajstić information content (AvgIpc) is 2.84. The Morgan fingerprint density at radius 2 is 2.00 bits per heavy atom. The van der Waals surface area contributed by atoms with Gasteiger partial charge in [-0.25, -0.2) is 4.68 Å². The van der Waals surface area contributed by atoms with Gasteiger partial charge in [-0.1, -0.05) is 24.3 Å². The number of rotatable bonds is 2. The number of benzene rings is 1. The standard InChI is InChI=1S/C17H20N4O/c1-12-16(14-8-10-20(11-9-14)13(2)22)19-21(17(12)18)15-6-4-3-5-7-15/h3-8H,9-11,18H2,1-2H3. The molecule has 114 valence electrons. The van der Waals surface area contributed by atoms with E-state index in [-0.39, 0.29) is 5.91 Å². The van der Waals surface area contributed by atoms with Crippen molar-refractivity contribution in [3.05, 3.63) is 47.7 Å². The van der Waals surface area contributed by atoms with Crippen molar-refractivity contribution in [2.24, 2.45) is 0 Å². The lowest BCUT2D eigenvalue weighted by Gasteiger charge is -2.24. The van der Waals surface area contributed by atoms with Crippen molar-refractivity contribution in [3.8, 4) is 5.69 Å². The molecule has 0 saturated carbocycles. The molecule has 5 heteroatoms. The van der Waals surface area contributed by atoms with Crippen LogP contribution in [0.1, 0.15) is 24.6 Å². The van der Waals surface area contributed by atoms with Gasteiger partial charge in [0.05, 0.1) is 11.4 Å². The quantitative estimate of drug-likeness (QED) is 0.925. The number of carbonyl (C=O) groups is 1. The third-order valence-electron chi connectivity index (χ3n) is 4.13. The van der Waals surface area contributed by atoms with Crippen molar-refractivity contribution >= 4 is 17.3 Å². The first-order chi connectivity index (χ1) is 10.6. The smallest absolute Gasteiger partial charge is 0.219 e. The number of nitrogens with two attached hydrogens (primary N) is 1. The molecule has 2 heterocycles. The number of nitrogens with zero attached hydrogens (tertiary/aromatic N) is 3. The monoisotopic (exact) mass is 296 g/mol. The zero-order valence-electron chi connectivity index (χ0n) is 12.9. The number of amides is 1. The molecule has 1 aliphatic heterocycles. The van der Waals surface area contributed by atoms with Gasteiger partial charge in [0, 0.05) is 25.6 Å². The fourth-order valence-electron chi connectivity index (χ4n) is 2.75. The van der Waals surface area contributed by atoms with E-state index in [9.17, 15) is 4.79 Å². The Labute approximate surface area is 130 Å². The van der Waals surface area contributed by atoms with E-state index in [0.29, 0.717) is 12.4 Å². The Bertz CT molecular complexity index is 731. The Morgan fingerprint density at radius 3 is 2.59 bits per heavy atom. The molecule has 0 bridgehead atoms. The van der Waals surface area contributed by atoms with Crippen molar-refractivity contribution in [2.75, 3.05) is 18.8 Å². The van der Waals surface area contributed by atoms with Crippen LogP contribution >= 0.6 is 0 Å². The van der Waals surface area contributed by atoms with E-state index in [1.165, 1.54) is 0 Å². The summed E-state index contributed by atoms with van der Waals surface area (Å²) < 4.78 is 1.78. The second-order valence-corrected chi connectivity index (χ2v) is 5.55. The molecule has 2 aromatic rings. The molecule has 0 atom stereocenters. The first kappa shape index (κ1) is 14.4. The average molecular weight is 296 g/mol. The molecule has 2 N–H and O–H groups in total. The van der Waals surface area contributed by atoms with Crippen LogP contribution in [-0.4, -0.2) is 33.7 Å². The minimum absolute atomic E-state index is 0.112. The molecular formula is C17H20N4O. The first-order valence-corrected chi connectivity index (χ1v) is 7.43. The number of carbonyl (C=O) groups excluding carboxylic acids is 1. The van der Waals surface area contributed by atoms with Crippen LogP contribution in [0.3, 0.4) is 0 Å². The largest absolute Gasteiger partial charge is 0.383 e. The van der Waals surface area contributed by atoms with Gasteiger partial charge < -0.3 is 10.6 Å². The van der Waals surface area contributed by atoms with Gasteiger partial charge in [-0.15, -0.1) is 0 Å². The minimum Gasteiger partial charge on any atom is -0.383 e. The van der Waals surface area contributed by atoms with Crippen molar-refractivity contribution < 1.29 is 4.79 Å². The molecule has 1 amide bonds. The van der Waals surface area contributed by atoms with Crippen LogP contribution in [-0.2, 0) is 4.79 Å². The fraction of sp³-hybridized carbons (Fsp3) is 0.294. The molecule has 22 heavy (non-hydrogen) atoms. The van der Waals surface area contributed by atoms with Gasteiger partial charge in [0.2, 0.25) is 5.91 Å². The van der Waals surface area contributed by atoms with Crippen molar-refractivity contribution in [1.29, 1.82) is 0 Å². The summed E-state index contributed by atoms with van der Waals surface area (Å²) in [6.45, 7) is 4.97. The SMILES string of the molecule is CC(=O)N1CC=C(c2nn(-c3ccccc3)c(N)c2C)CC1. The lowest BCUT2D eigenvalue weighted by Crippen LogP contribution is -2.32. The van der Waals surface area contributed by atoms with Crippen LogP contribution in [0.2, 0.25) is 0 Å². The highest BCUT2D eigenvalue weighted by atomic mass is 16.2. The van der Waals surface area contributed by atoms with Gasteiger partial charge in [-0.05, 0) is 31.1 Å². The van der Waals surface area contributed by atoms with E-state index in [1.54, 1.807) is 11.6 Å². The second-order valence-electron chi connectivity index (χ2n) is 5.55. The number of aromatic nitrogens is 2. The van der Waals surface area contributed by atoms with Gasteiger partial charge in [0.1, 0.15) is 5.82 Å². The molecule has 0 spiro atoms. The summed E-state index contributed by atoms with van der Waals surface area (Å²) in [6, 6.07) is 9.88. The van der Waals surface area contributed by atoms with Gasteiger partial charge >= 0.3 is 0 Å². The van der Waals surface area contributed by atoms with Gasteiger partial charge in [0.25, 0.3) is 0 Å². The number of para-hydroxylation sites is 1. The maximum Gasteiger partial charge on any atom is 0.219 e. The van der Waals surface area contributed by atoms with Gasteiger partial charge in [-0.3, -0.25) is 4.79 Å². The normalized spacial score (nSPS) is 14.8. The van der Waals surface area contributed by atoms with Crippen LogP contribution in [0.4, 0.5) is 5.82 Å². The minimum atomic E-state index is 0.112. The van der Waals surface area contributed by atoms with Crippen LogP contribution in [0, 0.1) is 6.92 Å². The van der Waals surface area contributed by atoms with Crippen molar-refractivity contribution in [3.63, 3.8) is 0 Å². The zero-order valence-corrected chi connectivity index (χ0v) is 12.9. The lowest BCUT2D eigenvalue weighted by atomic mass is 10.0. The van der Waals surface area contributed by atoms with E-state index in [1.807, 2.05) is 42.2 Å². The Hall–Kier alpha value is -2.56. The third kappa shape index (κ3) is 2.50. The first-order valence-electron chi connectivity index (χ1n) is 7.43. The molecule has 0 fully saturated rings. The lowest BCUT2D eigenvalue weighted by molar-refractivity contribution is -0.128. The van der Waals surface area contributed by atoms with E-state index < -0.39 is 0 Å². The van der Waals surface area contributed by atoms with Gasteiger partial charge in [0.15, 0.2) is 0 Å². The van der Waals surface area contributed by atoms with E-state index in [2.05, 4.69) is 6.08 Å². The highest BCUT2D eigenvalue weighted by Crippen LogP contribution is 2.29. The van der Waals surface area contributed by atoms with Gasteiger partial charge in [-0.2, -0.15) is 5.10 Å². The molecule has 3 rings (SSSR count). The molecule has 5 nitrogen and oxygen atoms in total. The Balaban J connectivity index is 1.95. The number of hydrogen-bond donors (Lipinski definition) is 1. The fourth-order valence-corrected chi connectivity index (χ4v) is 2.75. The Morgan fingerprint density at radius 1 is 1.27 bits per heavy atom. The summed E-state index contributed by atoms with van der Waals surface area (Å²) in [4.78, 5) is 13.2. The molecule has 1 aromatic carbocycles. The van der Waals surface area contributed by atoms with E-state index >= 15 is 0 Å². The number of anilines is 1. The second kappa shape index (κ2) is 5.67. The van der Waals surface area contributed by atoms with Crippen molar-refractivity contribution in [1.82, 2.24) is 14.7 Å². The molecule has 1 aromatic heterocycles. The summed E-state index contributed by atoms with van der Waals surface area (Å²) in [5, 5.41) is 4.69. The maximum atomic E-state index is 11.4. The molecule has 0 aliphatic carbocycles. The topological polar surface area (TPSA) is 64.2 Å². The van der Waals surface area contributed by atoms with Crippen LogP contribution in [0.15, 0.2) is 36.4 Å². The summed E-state index contributed by atoms with van der Waals surface area (Å²) >= 11 is 0. The predicted molar refractivity (Wildman–Crippen MR) is 87.6 cm³/mol. The third-order valence-corrected chi connectivity index (χ3v) is 4.13. The molecule has 0 radical (unpaired) electrons. The predicted octanol–water partition coefficient (Wildman–Crippen LogP) is 2.40. The van der Waals surface area contributed by atoms with Crippen molar-refractivity contribution in [2.45, 2.75) is 20.3 Å². The Kier molecular flexibility index (Phi) is 3.71.